The number of hydrogen-bond acceptors (Lipinski definition) is 3. The van der Waals surface area contributed by atoms with Gasteiger partial charge < -0.3 is 4.90 Å². The molecule has 5 nitrogen and oxygen atoms in total. The molecular formula is C20H26N2O3S. The molecule has 0 radical (unpaired) electrons. The van der Waals surface area contributed by atoms with Gasteiger partial charge in [0.15, 0.2) is 0 Å². The molecule has 2 aromatic rings. The number of rotatable bonds is 8. The van der Waals surface area contributed by atoms with Crippen molar-refractivity contribution in [3.63, 3.8) is 0 Å². The number of nitrogens with zero attached hydrogens (tertiary/aromatic N) is 1. The van der Waals surface area contributed by atoms with Crippen molar-refractivity contribution in [2.45, 2.75) is 44.4 Å². The lowest BCUT2D eigenvalue weighted by atomic mass is 10.1. The Kier molecular flexibility index (Phi) is 6.80. The number of carbonyl (C=O) groups excluding carboxylic acids is 1. The molecule has 0 aliphatic heterocycles. The first-order valence-corrected chi connectivity index (χ1v) is 10.3. The summed E-state index contributed by atoms with van der Waals surface area (Å²) in [4.78, 5) is 13.1. The summed E-state index contributed by atoms with van der Waals surface area (Å²) in [6.07, 6.45) is 4.42. The SMILES string of the molecule is CCCCCc1ccc(S(=O)(=O)Nc2ccc(N(C)C(C)=O)cc2)cc1. The van der Waals surface area contributed by atoms with Gasteiger partial charge in [-0.25, -0.2) is 8.42 Å². The van der Waals surface area contributed by atoms with Crippen LogP contribution in [0.25, 0.3) is 0 Å². The van der Waals surface area contributed by atoms with E-state index in [0.717, 1.165) is 24.8 Å². The van der Waals surface area contributed by atoms with Crippen LogP contribution in [0.1, 0.15) is 38.7 Å². The Morgan fingerprint density at radius 2 is 1.62 bits per heavy atom. The second kappa shape index (κ2) is 8.85. The first-order chi connectivity index (χ1) is 12.3. The topological polar surface area (TPSA) is 66.5 Å². The van der Waals surface area contributed by atoms with E-state index in [1.165, 1.54) is 18.2 Å². The highest BCUT2D eigenvalue weighted by Gasteiger charge is 2.14. The van der Waals surface area contributed by atoms with Crippen LogP contribution >= 0.6 is 0 Å². The maximum absolute atomic E-state index is 12.5. The number of sulfonamides is 1. The number of anilines is 2. The molecule has 0 fully saturated rings. The van der Waals surface area contributed by atoms with Crippen LogP contribution in [0.2, 0.25) is 0 Å². The van der Waals surface area contributed by atoms with Crippen molar-refractivity contribution in [2.75, 3.05) is 16.7 Å². The van der Waals surface area contributed by atoms with E-state index in [4.69, 9.17) is 0 Å². The van der Waals surface area contributed by atoms with Gasteiger partial charge in [-0.15, -0.1) is 0 Å². The van der Waals surface area contributed by atoms with Crippen molar-refractivity contribution in [3.8, 4) is 0 Å². The molecule has 0 heterocycles. The van der Waals surface area contributed by atoms with Gasteiger partial charge in [0.2, 0.25) is 5.91 Å². The second-order valence-corrected chi connectivity index (χ2v) is 8.01. The quantitative estimate of drug-likeness (QED) is 0.704. The van der Waals surface area contributed by atoms with Crippen LogP contribution in [0, 0.1) is 0 Å². The number of aryl methyl sites for hydroxylation is 1. The van der Waals surface area contributed by atoms with Crippen LogP contribution in [0.5, 0.6) is 0 Å². The van der Waals surface area contributed by atoms with E-state index in [-0.39, 0.29) is 10.8 Å². The Bertz CT molecular complexity index is 828. The molecule has 0 unspecified atom stereocenters. The minimum Gasteiger partial charge on any atom is -0.316 e. The lowest BCUT2D eigenvalue weighted by Gasteiger charge is -2.15. The zero-order valence-electron chi connectivity index (χ0n) is 15.5. The van der Waals surface area contributed by atoms with Crippen molar-refractivity contribution in [3.05, 3.63) is 54.1 Å². The summed E-state index contributed by atoms with van der Waals surface area (Å²) in [5.74, 6) is -0.0858. The largest absolute Gasteiger partial charge is 0.316 e. The Morgan fingerprint density at radius 3 is 2.15 bits per heavy atom. The van der Waals surface area contributed by atoms with Crippen molar-refractivity contribution < 1.29 is 13.2 Å². The third-order valence-corrected chi connectivity index (χ3v) is 5.68. The second-order valence-electron chi connectivity index (χ2n) is 6.33. The summed E-state index contributed by atoms with van der Waals surface area (Å²) in [6, 6.07) is 13.7. The van der Waals surface area contributed by atoms with Gasteiger partial charge in [-0.1, -0.05) is 31.9 Å². The number of benzene rings is 2. The first-order valence-electron chi connectivity index (χ1n) is 8.79. The van der Waals surface area contributed by atoms with E-state index < -0.39 is 10.0 Å². The lowest BCUT2D eigenvalue weighted by Crippen LogP contribution is -2.22. The standard InChI is InChI=1S/C20H26N2O3S/c1-4-5-6-7-17-8-14-20(15-9-17)26(24,25)21-18-10-12-19(13-11-18)22(3)16(2)23/h8-15,21H,4-7H2,1-3H3. The van der Waals surface area contributed by atoms with Crippen molar-refractivity contribution in [1.29, 1.82) is 0 Å². The summed E-state index contributed by atoms with van der Waals surface area (Å²) >= 11 is 0. The number of unbranched alkanes of at least 4 members (excludes halogenated alkanes) is 2. The normalized spacial score (nSPS) is 11.2. The van der Waals surface area contributed by atoms with Crippen molar-refractivity contribution in [2.24, 2.45) is 0 Å². The van der Waals surface area contributed by atoms with Gasteiger partial charge in [-0.05, 0) is 54.8 Å². The minimum atomic E-state index is -3.64. The Hall–Kier alpha value is -2.34. The van der Waals surface area contributed by atoms with Gasteiger partial charge in [0.05, 0.1) is 4.90 Å². The van der Waals surface area contributed by atoms with E-state index in [2.05, 4.69) is 11.6 Å². The monoisotopic (exact) mass is 374 g/mol. The smallest absolute Gasteiger partial charge is 0.261 e. The highest BCUT2D eigenvalue weighted by Crippen LogP contribution is 2.21. The van der Waals surface area contributed by atoms with Gasteiger partial charge in [0.1, 0.15) is 0 Å². The van der Waals surface area contributed by atoms with Gasteiger partial charge in [0, 0.05) is 25.3 Å². The molecule has 1 N–H and O–H groups in total. The van der Waals surface area contributed by atoms with E-state index in [9.17, 15) is 13.2 Å². The summed E-state index contributed by atoms with van der Waals surface area (Å²) in [6.45, 7) is 3.63. The molecular weight excluding hydrogens is 348 g/mol. The molecule has 0 atom stereocenters. The van der Waals surface area contributed by atoms with Gasteiger partial charge >= 0.3 is 0 Å². The van der Waals surface area contributed by atoms with E-state index in [1.807, 2.05) is 12.1 Å². The van der Waals surface area contributed by atoms with Crippen LogP contribution in [-0.4, -0.2) is 21.4 Å². The zero-order chi connectivity index (χ0) is 19.2. The summed E-state index contributed by atoms with van der Waals surface area (Å²) in [5, 5.41) is 0. The molecule has 0 saturated heterocycles. The Morgan fingerprint density at radius 1 is 1.00 bits per heavy atom. The van der Waals surface area contributed by atoms with Crippen LogP contribution in [-0.2, 0) is 21.2 Å². The molecule has 0 bridgehead atoms. The lowest BCUT2D eigenvalue weighted by molar-refractivity contribution is -0.116. The molecule has 0 spiro atoms. The maximum Gasteiger partial charge on any atom is 0.261 e. The third-order valence-electron chi connectivity index (χ3n) is 4.28. The fourth-order valence-electron chi connectivity index (χ4n) is 2.56. The molecule has 1 amide bonds. The summed E-state index contributed by atoms with van der Waals surface area (Å²) in [7, 11) is -1.97. The average Bonchev–Trinajstić information content (AvgIpc) is 2.62. The third kappa shape index (κ3) is 5.33. The maximum atomic E-state index is 12.5. The number of amides is 1. The zero-order valence-corrected chi connectivity index (χ0v) is 16.3. The van der Waals surface area contributed by atoms with Crippen LogP contribution in [0.15, 0.2) is 53.4 Å². The van der Waals surface area contributed by atoms with Crippen LogP contribution in [0.4, 0.5) is 11.4 Å². The fourth-order valence-corrected chi connectivity index (χ4v) is 3.62. The molecule has 140 valence electrons. The summed E-state index contributed by atoms with van der Waals surface area (Å²) < 4.78 is 27.6. The molecule has 0 aliphatic carbocycles. The van der Waals surface area contributed by atoms with Gasteiger partial charge in [-0.3, -0.25) is 9.52 Å². The van der Waals surface area contributed by atoms with Crippen LogP contribution in [0.3, 0.4) is 0 Å². The van der Waals surface area contributed by atoms with Crippen LogP contribution < -0.4 is 9.62 Å². The van der Waals surface area contributed by atoms with E-state index >= 15 is 0 Å². The molecule has 2 aromatic carbocycles. The predicted octanol–water partition coefficient (Wildman–Crippen LogP) is 4.20. The molecule has 6 heteroatoms. The number of carbonyl (C=O) groups is 1. The van der Waals surface area contributed by atoms with E-state index in [0.29, 0.717) is 11.4 Å². The molecule has 0 aliphatic rings. The average molecular weight is 375 g/mol. The van der Waals surface area contributed by atoms with Crippen molar-refractivity contribution >= 4 is 27.3 Å². The Labute approximate surface area is 156 Å². The van der Waals surface area contributed by atoms with E-state index in [1.54, 1.807) is 43.4 Å². The summed E-state index contributed by atoms with van der Waals surface area (Å²) in [5.41, 5.74) is 2.31. The minimum absolute atomic E-state index is 0.0858. The highest BCUT2D eigenvalue weighted by atomic mass is 32.2. The number of hydrogen-bond donors (Lipinski definition) is 1. The van der Waals surface area contributed by atoms with Crippen molar-refractivity contribution in [1.82, 2.24) is 0 Å². The fraction of sp³-hybridized carbons (Fsp3) is 0.350. The van der Waals surface area contributed by atoms with Gasteiger partial charge in [-0.2, -0.15) is 0 Å². The predicted molar refractivity (Wildman–Crippen MR) is 106 cm³/mol. The highest BCUT2D eigenvalue weighted by molar-refractivity contribution is 7.92. The van der Waals surface area contributed by atoms with Gasteiger partial charge in [0.25, 0.3) is 10.0 Å². The molecule has 0 aromatic heterocycles. The Balaban J connectivity index is 2.07. The molecule has 0 saturated carbocycles. The number of nitrogens with one attached hydrogen (secondary N) is 1. The molecule has 26 heavy (non-hydrogen) atoms. The molecule has 2 rings (SSSR count). The first kappa shape index (κ1) is 20.0.